The second-order valence-corrected chi connectivity index (χ2v) is 7.03. The van der Waals surface area contributed by atoms with E-state index < -0.39 is 0 Å². The molecule has 0 saturated carbocycles. The summed E-state index contributed by atoms with van der Waals surface area (Å²) in [5.41, 5.74) is 1.52. The van der Waals surface area contributed by atoms with Crippen molar-refractivity contribution in [2.45, 2.75) is 39.7 Å². The van der Waals surface area contributed by atoms with E-state index >= 15 is 0 Å². The van der Waals surface area contributed by atoms with Gasteiger partial charge in [-0.25, -0.2) is 0 Å². The van der Waals surface area contributed by atoms with Crippen molar-refractivity contribution in [2.75, 3.05) is 25.0 Å². The molecule has 2 atom stereocenters. The minimum atomic E-state index is -0.232. The number of aliphatic hydroxyl groups is 1. The number of hydrogen-bond donors (Lipinski definition) is 2. The summed E-state index contributed by atoms with van der Waals surface area (Å²) in [6, 6.07) is 5.27. The Morgan fingerprint density at radius 1 is 1.55 bits per heavy atom. The molecular formula is C17H25ClN2O2. The van der Waals surface area contributed by atoms with Crippen molar-refractivity contribution in [3.05, 3.63) is 28.8 Å². The van der Waals surface area contributed by atoms with E-state index in [1.54, 1.807) is 0 Å². The van der Waals surface area contributed by atoms with Gasteiger partial charge in [-0.1, -0.05) is 24.6 Å². The fourth-order valence-electron chi connectivity index (χ4n) is 2.96. The first-order chi connectivity index (χ1) is 10.4. The first-order valence-electron chi connectivity index (χ1n) is 7.77. The first kappa shape index (κ1) is 17.3. The van der Waals surface area contributed by atoms with Gasteiger partial charge < -0.3 is 10.4 Å². The molecule has 0 aromatic heterocycles. The highest BCUT2D eigenvalue weighted by molar-refractivity contribution is 6.31. The van der Waals surface area contributed by atoms with Gasteiger partial charge in [0.1, 0.15) is 0 Å². The van der Waals surface area contributed by atoms with Gasteiger partial charge in [-0.05, 0) is 50.9 Å². The molecule has 0 aliphatic carbocycles. The van der Waals surface area contributed by atoms with Crippen LogP contribution in [0.4, 0.5) is 5.69 Å². The lowest BCUT2D eigenvalue weighted by Crippen LogP contribution is -2.51. The number of benzene rings is 1. The second kappa shape index (κ2) is 6.99. The van der Waals surface area contributed by atoms with Crippen LogP contribution < -0.4 is 5.32 Å². The number of aliphatic hydroxyl groups excluding tert-OH is 1. The normalized spacial score (nSPS) is 24.0. The molecule has 1 aliphatic heterocycles. The summed E-state index contributed by atoms with van der Waals surface area (Å²) in [4.78, 5) is 14.7. The van der Waals surface area contributed by atoms with Crippen molar-refractivity contribution in [1.29, 1.82) is 0 Å². The summed E-state index contributed by atoms with van der Waals surface area (Å²) in [5.74, 6) is -0.0347. The standard InChI is InChI=1S/C17H25ClN2O2/c1-12-14(18)6-4-7-15(12)19-16(22)13(2)20-9-5-8-17(3,10-20)11-21/h4,6-7,13,21H,5,8-11H2,1-3H3,(H,19,22). The number of rotatable bonds is 4. The third-order valence-electron chi connectivity index (χ3n) is 4.64. The summed E-state index contributed by atoms with van der Waals surface area (Å²) in [6.45, 7) is 7.67. The Labute approximate surface area is 137 Å². The van der Waals surface area contributed by atoms with E-state index in [-0.39, 0.29) is 24.0 Å². The maximum atomic E-state index is 12.5. The minimum Gasteiger partial charge on any atom is -0.396 e. The first-order valence-corrected chi connectivity index (χ1v) is 8.15. The monoisotopic (exact) mass is 324 g/mol. The predicted octanol–water partition coefficient (Wildman–Crippen LogP) is 3.07. The third-order valence-corrected chi connectivity index (χ3v) is 5.05. The van der Waals surface area contributed by atoms with Crippen molar-refractivity contribution in [3.63, 3.8) is 0 Å². The SMILES string of the molecule is Cc1c(Cl)cccc1NC(=O)C(C)N1CCCC(C)(CO)C1. The molecule has 1 amide bonds. The molecule has 1 aromatic carbocycles. The molecule has 1 aromatic rings. The molecule has 1 fully saturated rings. The van der Waals surface area contributed by atoms with Gasteiger partial charge in [0, 0.05) is 29.3 Å². The third kappa shape index (κ3) is 3.80. The Hall–Kier alpha value is -1.10. The summed E-state index contributed by atoms with van der Waals surface area (Å²) >= 11 is 6.09. The molecule has 1 aliphatic rings. The van der Waals surface area contributed by atoms with Gasteiger partial charge in [0.05, 0.1) is 6.04 Å². The number of nitrogens with one attached hydrogen (secondary N) is 1. The Morgan fingerprint density at radius 2 is 2.27 bits per heavy atom. The average molecular weight is 325 g/mol. The molecular weight excluding hydrogens is 300 g/mol. The summed E-state index contributed by atoms with van der Waals surface area (Å²) in [7, 11) is 0. The molecule has 2 rings (SSSR count). The zero-order valence-corrected chi connectivity index (χ0v) is 14.3. The van der Waals surface area contributed by atoms with E-state index in [1.165, 1.54) is 0 Å². The van der Waals surface area contributed by atoms with E-state index in [1.807, 2.05) is 32.0 Å². The number of nitrogens with zero attached hydrogens (tertiary/aromatic N) is 1. The molecule has 0 spiro atoms. The minimum absolute atomic E-state index is 0.0347. The number of carbonyl (C=O) groups excluding carboxylic acids is 1. The van der Waals surface area contributed by atoms with E-state index in [9.17, 15) is 9.90 Å². The zero-order valence-electron chi connectivity index (χ0n) is 13.5. The number of anilines is 1. The van der Waals surface area contributed by atoms with Crippen LogP contribution in [-0.4, -0.2) is 41.7 Å². The van der Waals surface area contributed by atoms with Crippen molar-refractivity contribution in [2.24, 2.45) is 5.41 Å². The van der Waals surface area contributed by atoms with Crippen LogP contribution in [0.2, 0.25) is 5.02 Å². The molecule has 122 valence electrons. The second-order valence-electron chi connectivity index (χ2n) is 6.62. The number of piperidine rings is 1. The van der Waals surface area contributed by atoms with Crippen molar-refractivity contribution in [1.82, 2.24) is 4.90 Å². The largest absolute Gasteiger partial charge is 0.396 e. The van der Waals surface area contributed by atoms with Crippen LogP contribution in [0.15, 0.2) is 18.2 Å². The summed E-state index contributed by atoms with van der Waals surface area (Å²) in [6.07, 6.45) is 2.01. The van der Waals surface area contributed by atoms with Crippen LogP contribution in [0.3, 0.4) is 0 Å². The maximum Gasteiger partial charge on any atom is 0.241 e. The molecule has 0 radical (unpaired) electrons. The van der Waals surface area contributed by atoms with Crippen LogP contribution in [-0.2, 0) is 4.79 Å². The van der Waals surface area contributed by atoms with E-state index in [2.05, 4.69) is 17.1 Å². The van der Waals surface area contributed by atoms with Crippen LogP contribution in [0.5, 0.6) is 0 Å². The lowest BCUT2D eigenvalue weighted by Gasteiger charge is -2.41. The van der Waals surface area contributed by atoms with E-state index in [0.717, 1.165) is 37.2 Å². The highest BCUT2D eigenvalue weighted by Crippen LogP contribution is 2.30. The average Bonchev–Trinajstić information content (AvgIpc) is 2.51. The van der Waals surface area contributed by atoms with Crippen molar-refractivity contribution < 1.29 is 9.90 Å². The van der Waals surface area contributed by atoms with Crippen LogP contribution in [0, 0.1) is 12.3 Å². The fourth-order valence-corrected chi connectivity index (χ4v) is 3.14. The molecule has 1 saturated heterocycles. The fraction of sp³-hybridized carbons (Fsp3) is 0.588. The van der Waals surface area contributed by atoms with Gasteiger partial charge in [-0.3, -0.25) is 9.69 Å². The van der Waals surface area contributed by atoms with E-state index in [0.29, 0.717) is 5.02 Å². The molecule has 2 N–H and O–H groups in total. The van der Waals surface area contributed by atoms with Gasteiger partial charge in [0.25, 0.3) is 0 Å². The van der Waals surface area contributed by atoms with Gasteiger partial charge in [0.15, 0.2) is 0 Å². The molecule has 22 heavy (non-hydrogen) atoms. The van der Waals surface area contributed by atoms with Gasteiger partial charge in [-0.15, -0.1) is 0 Å². The van der Waals surface area contributed by atoms with Gasteiger partial charge in [-0.2, -0.15) is 0 Å². The van der Waals surface area contributed by atoms with Gasteiger partial charge in [0.2, 0.25) is 5.91 Å². The number of halogens is 1. The Kier molecular flexibility index (Phi) is 5.48. The molecule has 1 heterocycles. The Morgan fingerprint density at radius 3 is 2.95 bits per heavy atom. The number of carbonyl (C=O) groups is 1. The maximum absolute atomic E-state index is 12.5. The topological polar surface area (TPSA) is 52.6 Å². The smallest absolute Gasteiger partial charge is 0.241 e. The van der Waals surface area contributed by atoms with Crippen LogP contribution >= 0.6 is 11.6 Å². The van der Waals surface area contributed by atoms with Gasteiger partial charge >= 0.3 is 0 Å². The highest BCUT2D eigenvalue weighted by atomic mass is 35.5. The van der Waals surface area contributed by atoms with Crippen molar-refractivity contribution in [3.8, 4) is 0 Å². The molecule has 5 heteroatoms. The van der Waals surface area contributed by atoms with Crippen molar-refractivity contribution >= 4 is 23.2 Å². The molecule has 4 nitrogen and oxygen atoms in total. The predicted molar refractivity (Wildman–Crippen MR) is 90.3 cm³/mol. The Balaban J connectivity index is 2.04. The zero-order chi connectivity index (χ0) is 16.3. The summed E-state index contributed by atoms with van der Waals surface area (Å²) < 4.78 is 0. The lowest BCUT2D eigenvalue weighted by atomic mass is 9.82. The summed E-state index contributed by atoms with van der Waals surface area (Å²) in [5, 5.41) is 13.2. The molecule has 2 unspecified atom stereocenters. The van der Waals surface area contributed by atoms with E-state index in [4.69, 9.17) is 11.6 Å². The molecule has 0 bridgehead atoms. The van der Waals surface area contributed by atoms with Crippen LogP contribution in [0.1, 0.15) is 32.3 Å². The highest BCUT2D eigenvalue weighted by Gasteiger charge is 2.34. The quantitative estimate of drug-likeness (QED) is 0.895. The lowest BCUT2D eigenvalue weighted by molar-refractivity contribution is -0.122. The number of amides is 1. The Bertz CT molecular complexity index is 549. The number of hydrogen-bond acceptors (Lipinski definition) is 3. The number of likely N-dealkylation sites (tertiary alicyclic amines) is 1. The van der Waals surface area contributed by atoms with Crippen LogP contribution in [0.25, 0.3) is 0 Å².